The van der Waals surface area contributed by atoms with Gasteiger partial charge in [0.15, 0.2) is 0 Å². The summed E-state index contributed by atoms with van der Waals surface area (Å²) in [5.41, 5.74) is 5.65. The quantitative estimate of drug-likeness (QED) is 0.0919. The number of thioether (sulfide) groups is 1. The van der Waals surface area contributed by atoms with E-state index in [1.807, 2.05) is 0 Å². The maximum atomic E-state index is 12.7. The fourth-order valence-electron chi connectivity index (χ4n) is 4.46. The Kier molecular flexibility index (Phi) is 28.2. The van der Waals surface area contributed by atoms with E-state index in [4.69, 9.17) is 5.73 Å². The number of carbonyl (C=O) groups is 2. The van der Waals surface area contributed by atoms with Crippen molar-refractivity contribution >= 4 is 23.6 Å². The predicted molar refractivity (Wildman–Crippen MR) is 160 cm³/mol. The third kappa shape index (κ3) is 24.9. The molecule has 0 saturated carbocycles. The zero-order valence-electron chi connectivity index (χ0n) is 24.1. The molecule has 0 aromatic rings. The summed E-state index contributed by atoms with van der Waals surface area (Å²) < 4.78 is 0. The molecule has 4 N–H and O–H groups in total. The molecule has 1 atom stereocenters. The number of rotatable bonds is 28. The van der Waals surface area contributed by atoms with Crippen molar-refractivity contribution in [3.63, 3.8) is 0 Å². The van der Waals surface area contributed by atoms with Gasteiger partial charge >= 0.3 is 0 Å². The zero-order valence-corrected chi connectivity index (χ0v) is 24.9. The molecule has 5 nitrogen and oxygen atoms in total. The molecule has 0 aromatic carbocycles. The van der Waals surface area contributed by atoms with Crippen molar-refractivity contribution in [3.05, 3.63) is 0 Å². The number of carbonyl (C=O) groups excluding carboxylic acids is 2. The molecule has 0 aromatic heterocycles. The minimum Gasteiger partial charge on any atom is -0.356 e. The first-order valence-electron chi connectivity index (χ1n) is 15.5. The lowest BCUT2D eigenvalue weighted by molar-refractivity contribution is -0.125. The van der Waals surface area contributed by atoms with E-state index in [0.29, 0.717) is 25.4 Å². The molecule has 36 heavy (non-hydrogen) atoms. The minimum absolute atomic E-state index is 0.0153. The summed E-state index contributed by atoms with van der Waals surface area (Å²) in [5.74, 6) is 0.662. The van der Waals surface area contributed by atoms with Gasteiger partial charge in [-0.3, -0.25) is 9.59 Å². The Bertz CT molecular complexity index is 491. The van der Waals surface area contributed by atoms with Gasteiger partial charge in [-0.1, -0.05) is 129 Å². The Balaban J connectivity index is 3.83. The molecule has 0 aliphatic heterocycles. The van der Waals surface area contributed by atoms with Crippen LogP contribution in [0, 0.1) is 0 Å². The molecule has 6 heteroatoms. The number of hydrogen-bond donors (Lipinski definition) is 3. The molecule has 0 aliphatic rings. The van der Waals surface area contributed by atoms with Gasteiger partial charge < -0.3 is 16.4 Å². The van der Waals surface area contributed by atoms with E-state index in [0.717, 1.165) is 19.3 Å². The number of hydrogen-bond acceptors (Lipinski definition) is 4. The van der Waals surface area contributed by atoms with Crippen molar-refractivity contribution in [2.45, 2.75) is 154 Å². The Morgan fingerprint density at radius 3 is 1.42 bits per heavy atom. The molecular weight excluding hydrogens is 466 g/mol. The van der Waals surface area contributed by atoms with Crippen molar-refractivity contribution in [3.8, 4) is 0 Å². The summed E-state index contributed by atoms with van der Waals surface area (Å²) in [6.45, 7) is 6.45. The standard InChI is InChI=1S/C30H61N3O2S/c1-3-5-7-9-11-13-15-17-19-21-24-32-29(34)27-28(36-26-23-31)30(35)33-25-22-20-18-16-14-12-10-8-6-4-2/h28H,3-27,31H2,1-2H3,(H,32,34)(H,33,35). The summed E-state index contributed by atoms with van der Waals surface area (Å²) in [6.07, 6.45) is 26.0. The van der Waals surface area contributed by atoms with Crippen molar-refractivity contribution in [1.82, 2.24) is 10.6 Å². The Morgan fingerprint density at radius 1 is 0.611 bits per heavy atom. The van der Waals surface area contributed by atoms with E-state index < -0.39 is 0 Å². The summed E-state index contributed by atoms with van der Waals surface area (Å²) in [5, 5.41) is 5.73. The van der Waals surface area contributed by atoms with Gasteiger partial charge in [0.2, 0.25) is 11.8 Å². The molecular formula is C30H61N3O2S. The smallest absolute Gasteiger partial charge is 0.233 e. The Labute approximate surface area is 228 Å². The van der Waals surface area contributed by atoms with Gasteiger partial charge in [-0.2, -0.15) is 0 Å². The van der Waals surface area contributed by atoms with E-state index in [-0.39, 0.29) is 23.5 Å². The highest BCUT2D eigenvalue weighted by Gasteiger charge is 2.21. The normalized spacial score (nSPS) is 12.0. The van der Waals surface area contributed by atoms with Crippen LogP contribution in [-0.2, 0) is 9.59 Å². The lowest BCUT2D eigenvalue weighted by Crippen LogP contribution is -2.38. The highest BCUT2D eigenvalue weighted by atomic mass is 32.2. The lowest BCUT2D eigenvalue weighted by atomic mass is 10.1. The minimum atomic E-state index is -0.343. The Morgan fingerprint density at radius 2 is 1.00 bits per heavy atom. The number of nitrogens with one attached hydrogen (secondary N) is 2. The molecule has 1 unspecified atom stereocenters. The molecule has 0 saturated heterocycles. The second kappa shape index (κ2) is 28.8. The summed E-state index contributed by atoms with van der Waals surface area (Å²) in [6, 6.07) is 0. The van der Waals surface area contributed by atoms with E-state index in [1.165, 1.54) is 121 Å². The van der Waals surface area contributed by atoms with E-state index in [1.54, 1.807) is 0 Å². The SMILES string of the molecule is CCCCCCCCCCCCNC(=O)CC(SCCN)C(=O)NCCCCCCCCCCCC. The van der Waals surface area contributed by atoms with Crippen LogP contribution in [0.5, 0.6) is 0 Å². The van der Waals surface area contributed by atoms with E-state index in [2.05, 4.69) is 24.5 Å². The fraction of sp³-hybridized carbons (Fsp3) is 0.933. The molecule has 0 rings (SSSR count). The topological polar surface area (TPSA) is 84.2 Å². The number of nitrogens with two attached hydrogens (primary N) is 1. The molecule has 214 valence electrons. The maximum absolute atomic E-state index is 12.7. The number of unbranched alkanes of at least 4 members (excludes halogenated alkanes) is 18. The van der Waals surface area contributed by atoms with Gasteiger partial charge in [0, 0.05) is 31.8 Å². The predicted octanol–water partition coefficient (Wildman–Crippen LogP) is 7.51. The van der Waals surface area contributed by atoms with Crippen molar-refractivity contribution in [1.29, 1.82) is 0 Å². The average Bonchev–Trinajstić information content (AvgIpc) is 2.88. The fourth-order valence-corrected chi connectivity index (χ4v) is 5.38. The molecule has 0 bridgehead atoms. The van der Waals surface area contributed by atoms with Crippen molar-refractivity contribution < 1.29 is 9.59 Å². The van der Waals surface area contributed by atoms with Crippen LogP contribution in [-0.4, -0.2) is 42.5 Å². The second-order valence-electron chi connectivity index (χ2n) is 10.4. The van der Waals surface area contributed by atoms with E-state index >= 15 is 0 Å². The van der Waals surface area contributed by atoms with Gasteiger partial charge in [0.1, 0.15) is 0 Å². The largest absolute Gasteiger partial charge is 0.356 e. The van der Waals surface area contributed by atoms with Crippen LogP contribution in [0.1, 0.15) is 149 Å². The van der Waals surface area contributed by atoms with Crippen LogP contribution in [0.4, 0.5) is 0 Å². The highest BCUT2D eigenvalue weighted by molar-refractivity contribution is 8.00. The molecule has 0 heterocycles. The maximum Gasteiger partial charge on any atom is 0.233 e. The van der Waals surface area contributed by atoms with E-state index in [9.17, 15) is 9.59 Å². The zero-order chi connectivity index (χ0) is 26.5. The van der Waals surface area contributed by atoms with Crippen LogP contribution in [0.2, 0.25) is 0 Å². The van der Waals surface area contributed by atoms with Gasteiger partial charge in [0.25, 0.3) is 0 Å². The van der Waals surface area contributed by atoms with Crippen LogP contribution in [0.15, 0.2) is 0 Å². The average molecular weight is 528 g/mol. The van der Waals surface area contributed by atoms with Gasteiger partial charge in [-0.15, -0.1) is 11.8 Å². The summed E-state index contributed by atoms with van der Waals surface area (Å²) in [4.78, 5) is 25.1. The van der Waals surface area contributed by atoms with Crippen LogP contribution >= 0.6 is 11.8 Å². The molecule has 2 amide bonds. The summed E-state index contributed by atoms with van der Waals surface area (Å²) >= 11 is 1.50. The summed E-state index contributed by atoms with van der Waals surface area (Å²) in [7, 11) is 0. The van der Waals surface area contributed by atoms with Crippen LogP contribution in [0.25, 0.3) is 0 Å². The van der Waals surface area contributed by atoms with Gasteiger partial charge in [-0.05, 0) is 12.8 Å². The molecule has 0 spiro atoms. The monoisotopic (exact) mass is 527 g/mol. The first-order valence-corrected chi connectivity index (χ1v) is 16.6. The first-order chi connectivity index (χ1) is 17.7. The lowest BCUT2D eigenvalue weighted by Gasteiger charge is -2.16. The molecule has 0 radical (unpaired) electrons. The third-order valence-electron chi connectivity index (χ3n) is 6.78. The Hall–Kier alpha value is -0.750. The van der Waals surface area contributed by atoms with Gasteiger partial charge in [0.05, 0.1) is 5.25 Å². The van der Waals surface area contributed by atoms with Crippen molar-refractivity contribution in [2.24, 2.45) is 5.73 Å². The van der Waals surface area contributed by atoms with Gasteiger partial charge in [-0.25, -0.2) is 0 Å². The van der Waals surface area contributed by atoms with Crippen LogP contribution < -0.4 is 16.4 Å². The molecule has 0 fully saturated rings. The molecule has 0 aliphatic carbocycles. The third-order valence-corrected chi connectivity index (χ3v) is 8.04. The van der Waals surface area contributed by atoms with Crippen molar-refractivity contribution in [2.75, 3.05) is 25.4 Å². The second-order valence-corrected chi connectivity index (χ2v) is 11.7. The highest BCUT2D eigenvalue weighted by Crippen LogP contribution is 2.15. The van der Waals surface area contributed by atoms with Crippen LogP contribution in [0.3, 0.4) is 0 Å². The first kappa shape index (κ1) is 35.2. The number of amides is 2.